The Kier molecular flexibility index (Phi) is 2.92. The predicted octanol–water partition coefficient (Wildman–Crippen LogP) is 4.22. The third-order valence-corrected chi connectivity index (χ3v) is 3.23. The second-order valence-electron chi connectivity index (χ2n) is 4.53. The van der Waals surface area contributed by atoms with Gasteiger partial charge < -0.3 is 4.74 Å². The van der Waals surface area contributed by atoms with Crippen LogP contribution in [0.15, 0.2) is 54.6 Å². The van der Waals surface area contributed by atoms with Crippen molar-refractivity contribution in [3.05, 3.63) is 60.3 Å². The summed E-state index contributed by atoms with van der Waals surface area (Å²) >= 11 is 0. The first-order valence-corrected chi connectivity index (χ1v) is 6.29. The summed E-state index contributed by atoms with van der Waals surface area (Å²) in [4.78, 5) is 4.70. The van der Waals surface area contributed by atoms with Crippen molar-refractivity contribution in [3.8, 4) is 17.0 Å². The van der Waals surface area contributed by atoms with Crippen LogP contribution in [0.2, 0.25) is 0 Å². The lowest BCUT2D eigenvalue weighted by Crippen LogP contribution is -1.93. The van der Waals surface area contributed by atoms with Crippen LogP contribution < -0.4 is 4.74 Å². The fourth-order valence-electron chi connectivity index (χ4n) is 2.38. The Morgan fingerprint density at radius 3 is 2.53 bits per heavy atom. The molecule has 0 bridgehead atoms. The van der Waals surface area contributed by atoms with Crippen molar-refractivity contribution in [1.29, 1.82) is 0 Å². The van der Waals surface area contributed by atoms with Crippen molar-refractivity contribution in [2.45, 2.75) is 6.92 Å². The summed E-state index contributed by atoms with van der Waals surface area (Å²) in [5.74, 6) is 0.853. The Hall–Kier alpha value is -2.35. The van der Waals surface area contributed by atoms with E-state index in [0.29, 0.717) is 0 Å². The molecule has 94 valence electrons. The summed E-state index contributed by atoms with van der Waals surface area (Å²) in [6, 6.07) is 18.4. The highest BCUT2D eigenvalue weighted by Gasteiger charge is 2.10. The number of nitrogens with zero attached hydrogens (tertiary/aromatic N) is 1. The van der Waals surface area contributed by atoms with Gasteiger partial charge in [-0.1, -0.05) is 36.4 Å². The van der Waals surface area contributed by atoms with Crippen LogP contribution >= 0.6 is 0 Å². The van der Waals surface area contributed by atoms with Crippen molar-refractivity contribution in [2.75, 3.05) is 7.11 Å². The Labute approximate surface area is 112 Å². The maximum atomic E-state index is 5.45. The molecule has 0 saturated carbocycles. The molecule has 0 aliphatic carbocycles. The van der Waals surface area contributed by atoms with Crippen molar-refractivity contribution in [3.63, 3.8) is 0 Å². The first kappa shape index (κ1) is 11.7. The molecule has 0 atom stereocenters. The molecule has 1 aromatic heterocycles. The number of aryl methyl sites for hydroxylation is 1. The summed E-state index contributed by atoms with van der Waals surface area (Å²) < 4.78 is 5.45. The van der Waals surface area contributed by atoms with E-state index < -0.39 is 0 Å². The largest absolute Gasteiger partial charge is 0.496 e. The van der Waals surface area contributed by atoms with Crippen LogP contribution in [0.25, 0.3) is 22.0 Å². The maximum absolute atomic E-state index is 5.45. The van der Waals surface area contributed by atoms with E-state index in [0.717, 1.165) is 28.1 Å². The standard InChI is InChI=1S/C17H15NO/c1-12-11-13-7-3-4-8-14(13)17(18-12)15-9-5-6-10-16(15)19-2/h3-11H,1-2H3. The SMILES string of the molecule is COc1ccccc1-c1nc(C)cc2ccccc12. The molecule has 0 radical (unpaired) electrons. The molecule has 0 amide bonds. The van der Waals surface area contributed by atoms with Gasteiger partial charge in [0.15, 0.2) is 0 Å². The molecule has 0 saturated heterocycles. The molecule has 0 aliphatic rings. The minimum atomic E-state index is 0.853. The average molecular weight is 249 g/mol. The third kappa shape index (κ3) is 2.06. The molecule has 0 aliphatic heterocycles. The Morgan fingerprint density at radius 1 is 0.947 bits per heavy atom. The molecule has 1 heterocycles. The smallest absolute Gasteiger partial charge is 0.128 e. The molecule has 0 fully saturated rings. The van der Waals surface area contributed by atoms with E-state index in [1.54, 1.807) is 7.11 Å². The Balaban J connectivity index is 2.36. The lowest BCUT2D eigenvalue weighted by atomic mass is 10.0. The van der Waals surface area contributed by atoms with Crippen LogP contribution in [0.3, 0.4) is 0 Å². The number of pyridine rings is 1. The number of benzene rings is 2. The summed E-state index contributed by atoms with van der Waals surface area (Å²) in [7, 11) is 1.69. The highest BCUT2D eigenvalue weighted by molar-refractivity contribution is 5.96. The second kappa shape index (κ2) is 4.73. The number of fused-ring (bicyclic) bond motifs is 1. The van der Waals surface area contributed by atoms with Crippen molar-refractivity contribution < 1.29 is 4.74 Å². The Bertz CT molecular complexity index is 734. The van der Waals surface area contributed by atoms with Crippen molar-refractivity contribution >= 4 is 10.8 Å². The molecule has 2 nitrogen and oxygen atoms in total. The fourth-order valence-corrected chi connectivity index (χ4v) is 2.38. The summed E-state index contributed by atoms with van der Waals surface area (Å²) in [5.41, 5.74) is 3.03. The Morgan fingerprint density at radius 2 is 1.68 bits per heavy atom. The quantitative estimate of drug-likeness (QED) is 0.678. The van der Waals surface area contributed by atoms with Gasteiger partial charge in [-0.15, -0.1) is 0 Å². The van der Waals surface area contributed by atoms with Crippen molar-refractivity contribution in [2.24, 2.45) is 0 Å². The lowest BCUT2D eigenvalue weighted by molar-refractivity contribution is 0.416. The summed E-state index contributed by atoms with van der Waals surface area (Å²) in [5, 5.41) is 2.36. The molecule has 0 N–H and O–H groups in total. The van der Waals surface area contributed by atoms with Gasteiger partial charge in [0, 0.05) is 16.6 Å². The van der Waals surface area contributed by atoms with Crippen LogP contribution in [0.5, 0.6) is 5.75 Å². The van der Waals surface area contributed by atoms with E-state index in [1.165, 1.54) is 5.39 Å². The highest BCUT2D eigenvalue weighted by Crippen LogP contribution is 2.33. The number of hydrogen-bond donors (Lipinski definition) is 0. The van der Waals surface area contributed by atoms with E-state index in [9.17, 15) is 0 Å². The van der Waals surface area contributed by atoms with Gasteiger partial charge >= 0.3 is 0 Å². The number of hydrogen-bond acceptors (Lipinski definition) is 2. The minimum Gasteiger partial charge on any atom is -0.496 e. The van der Waals surface area contributed by atoms with Gasteiger partial charge in [0.2, 0.25) is 0 Å². The summed E-state index contributed by atoms with van der Waals surface area (Å²) in [6.07, 6.45) is 0. The van der Waals surface area contributed by atoms with Gasteiger partial charge in [-0.2, -0.15) is 0 Å². The molecular weight excluding hydrogens is 234 g/mol. The molecule has 3 aromatic rings. The fraction of sp³-hybridized carbons (Fsp3) is 0.118. The molecule has 3 rings (SSSR count). The van der Waals surface area contributed by atoms with Gasteiger partial charge in [-0.3, -0.25) is 4.98 Å². The maximum Gasteiger partial charge on any atom is 0.128 e. The van der Waals surface area contributed by atoms with Gasteiger partial charge in [0.05, 0.1) is 12.8 Å². The zero-order chi connectivity index (χ0) is 13.2. The van der Waals surface area contributed by atoms with E-state index in [4.69, 9.17) is 9.72 Å². The topological polar surface area (TPSA) is 22.1 Å². The number of rotatable bonds is 2. The molecule has 2 heteroatoms. The number of methoxy groups -OCH3 is 1. The molecule has 19 heavy (non-hydrogen) atoms. The van der Waals surface area contributed by atoms with Crippen LogP contribution in [0.4, 0.5) is 0 Å². The molecule has 2 aromatic carbocycles. The molecular formula is C17H15NO. The van der Waals surface area contributed by atoms with E-state index in [-0.39, 0.29) is 0 Å². The van der Waals surface area contributed by atoms with E-state index >= 15 is 0 Å². The number of ether oxygens (including phenoxy) is 1. The average Bonchev–Trinajstić information content (AvgIpc) is 2.46. The van der Waals surface area contributed by atoms with Crippen LogP contribution in [0.1, 0.15) is 5.69 Å². The van der Waals surface area contributed by atoms with Crippen LogP contribution in [0, 0.1) is 6.92 Å². The first-order valence-electron chi connectivity index (χ1n) is 6.29. The third-order valence-electron chi connectivity index (χ3n) is 3.23. The summed E-state index contributed by atoms with van der Waals surface area (Å²) in [6.45, 7) is 2.02. The predicted molar refractivity (Wildman–Crippen MR) is 78.5 cm³/mol. The molecule has 0 spiro atoms. The van der Waals surface area contributed by atoms with E-state index in [1.807, 2.05) is 43.3 Å². The monoisotopic (exact) mass is 249 g/mol. The van der Waals surface area contributed by atoms with Gasteiger partial charge in [-0.05, 0) is 30.5 Å². The first-order chi connectivity index (χ1) is 9.29. The molecule has 0 unspecified atom stereocenters. The highest BCUT2D eigenvalue weighted by atomic mass is 16.5. The van der Waals surface area contributed by atoms with Crippen molar-refractivity contribution in [1.82, 2.24) is 4.98 Å². The van der Waals surface area contributed by atoms with Gasteiger partial charge in [0.25, 0.3) is 0 Å². The minimum absolute atomic E-state index is 0.853. The van der Waals surface area contributed by atoms with Crippen LogP contribution in [-0.4, -0.2) is 12.1 Å². The lowest BCUT2D eigenvalue weighted by Gasteiger charge is -2.11. The zero-order valence-electron chi connectivity index (χ0n) is 11.1. The van der Waals surface area contributed by atoms with Gasteiger partial charge in [0.1, 0.15) is 5.75 Å². The zero-order valence-corrected chi connectivity index (χ0v) is 11.1. The number of aromatic nitrogens is 1. The second-order valence-corrected chi connectivity index (χ2v) is 4.53. The number of para-hydroxylation sites is 1. The van der Waals surface area contributed by atoms with Crippen LogP contribution in [-0.2, 0) is 0 Å². The normalized spacial score (nSPS) is 10.6. The van der Waals surface area contributed by atoms with E-state index in [2.05, 4.69) is 18.2 Å². The van der Waals surface area contributed by atoms with Gasteiger partial charge in [-0.25, -0.2) is 0 Å².